The molecule has 2 aromatic rings. The van der Waals surface area contributed by atoms with Crippen molar-refractivity contribution >= 4 is 27.6 Å². The maximum Gasteiger partial charge on any atom is 0.377 e. The Kier molecular flexibility index (Phi) is 5.55. The lowest BCUT2D eigenvalue weighted by Gasteiger charge is -2.12. The van der Waals surface area contributed by atoms with Crippen LogP contribution in [0.25, 0.3) is 0 Å². The summed E-state index contributed by atoms with van der Waals surface area (Å²) in [5, 5.41) is 6.00. The van der Waals surface area contributed by atoms with Gasteiger partial charge in [0.05, 0.1) is 10.6 Å². The maximum atomic E-state index is 12.1. The van der Waals surface area contributed by atoms with Crippen LogP contribution in [0.3, 0.4) is 0 Å². The largest absolute Gasteiger partial charge is 0.450 e. The molecule has 0 saturated carbocycles. The highest BCUT2D eigenvalue weighted by atomic mass is 32.2. The third-order valence-electron chi connectivity index (χ3n) is 3.06. The molecule has 0 spiro atoms. The van der Waals surface area contributed by atoms with Crippen molar-refractivity contribution in [3.05, 3.63) is 41.8 Å². The fourth-order valence-corrected chi connectivity index (χ4v) is 2.75. The van der Waals surface area contributed by atoms with E-state index in [1.807, 2.05) is 0 Å². The number of aromatic nitrogens is 1. The van der Waals surface area contributed by atoms with E-state index in [9.17, 15) is 18.0 Å². The summed E-state index contributed by atoms with van der Waals surface area (Å²) < 4.78 is 34.7. The number of carbonyl (C=O) groups is 2. The van der Waals surface area contributed by atoms with Gasteiger partial charge < -0.3 is 14.6 Å². The molecule has 0 fully saturated rings. The molecule has 1 heterocycles. The Balaban J connectivity index is 1.98. The third kappa shape index (κ3) is 4.64. The van der Waals surface area contributed by atoms with Crippen LogP contribution >= 0.6 is 0 Å². The SMILES string of the molecule is Cc1cc(C(=O)OCC(=O)Nc2cccc(S(=O)(=O)N(C)C)c2)on1. The van der Waals surface area contributed by atoms with Gasteiger partial charge in [-0.15, -0.1) is 0 Å². The molecule has 0 unspecified atom stereocenters. The number of benzene rings is 1. The second kappa shape index (κ2) is 7.45. The Bertz CT molecular complexity index is 888. The zero-order valence-corrected chi connectivity index (χ0v) is 14.7. The number of carbonyl (C=O) groups excluding carboxylic acids is 2. The molecule has 134 valence electrons. The van der Waals surface area contributed by atoms with Crippen molar-refractivity contribution in [2.24, 2.45) is 0 Å². The minimum Gasteiger partial charge on any atom is -0.450 e. The fraction of sp³-hybridized carbons (Fsp3) is 0.267. The van der Waals surface area contributed by atoms with Gasteiger partial charge in [-0.3, -0.25) is 4.79 Å². The smallest absolute Gasteiger partial charge is 0.377 e. The van der Waals surface area contributed by atoms with E-state index in [2.05, 4.69) is 10.5 Å². The Morgan fingerprint density at radius 2 is 2.00 bits per heavy atom. The van der Waals surface area contributed by atoms with E-state index in [0.717, 1.165) is 4.31 Å². The summed E-state index contributed by atoms with van der Waals surface area (Å²) >= 11 is 0. The molecule has 1 amide bonds. The third-order valence-corrected chi connectivity index (χ3v) is 4.87. The van der Waals surface area contributed by atoms with Crippen LogP contribution in [-0.4, -0.2) is 50.5 Å². The van der Waals surface area contributed by atoms with Gasteiger partial charge in [0.15, 0.2) is 6.61 Å². The lowest BCUT2D eigenvalue weighted by atomic mass is 10.3. The number of esters is 1. The summed E-state index contributed by atoms with van der Waals surface area (Å²) in [6, 6.07) is 7.13. The van der Waals surface area contributed by atoms with E-state index in [4.69, 9.17) is 9.26 Å². The first kappa shape index (κ1) is 18.6. The second-order valence-electron chi connectivity index (χ2n) is 5.27. The predicted molar refractivity (Wildman–Crippen MR) is 87.5 cm³/mol. The first-order valence-electron chi connectivity index (χ1n) is 7.13. The lowest BCUT2D eigenvalue weighted by molar-refractivity contribution is -0.119. The number of anilines is 1. The van der Waals surface area contributed by atoms with E-state index < -0.39 is 28.5 Å². The topological polar surface area (TPSA) is 119 Å². The average Bonchev–Trinajstić information content (AvgIpc) is 2.99. The summed E-state index contributed by atoms with van der Waals surface area (Å²) in [7, 11) is -0.801. The maximum absolute atomic E-state index is 12.1. The number of rotatable bonds is 6. The van der Waals surface area contributed by atoms with Crippen molar-refractivity contribution in [1.29, 1.82) is 0 Å². The number of sulfonamides is 1. The highest BCUT2D eigenvalue weighted by Crippen LogP contribution is 2.18. The highest BCUT2D eigenvalue weighted by molar-refractivity contribution is 7.89. The van der Waals surface area contributed by atoms with E-state index in [-0.39, 0.29) is 16.3 Å². The fourth-order valence-electron chi connectivity index (χ4n) is 1.80. The minimum absolute atomic E-state index is 0.0319. The summed E-state index contributed by atoms with van der Waals surface area (Å²) in [6.45, 7) is 1.09. The van der Waals surface area contributed by atoms with Crippen LogP contribution in [0.5, 0.6) is 0 Å². The first-order valence-corrected chi connectivity index (χ1v) is 8.57. The summed E-state index contributed by atoms with van der Waals surface area (Å²) in [5.41, 5.74) is 0.773. The van der Waals surface area contributed by atoms with E-state index in [1.54, 1.807) is 6.92 Å². The molecule has 2 rings (SSSR count). The van der Waals surface area contributed by atoms with Gasteiger partial charge in [-0.05, 0) is 25.1 Å². The number of nitrogens with zero attached hydrogens (tertiary/aromatic N) is 2. The molecule has 10 heteroatoms. The number of ether oxygens (including phenoxy) is 1. The standard InChI is InChI=1S/C15H17N3O6S/c1-10-7-13(24-17-10)15(20)23-9-14(19)16-11-5-4-6-12(8-11)25(21,22)18(2)3/h4-8H,9H2,1-3H3,(H,16,19). The predicted octanol–water partition coefficient (Wildman–Crippen LogP) is 1.03. The van der Waals surface area contributed by atoms with Gasteiger partial charge in [0.2, 0.25) is 15.8 Å². The van der Waals surface area contributed by atoms with Gasteiger partial charge in [-0.2, -0.15) is 0 Å². The lowest BCUT2D eigenvalue weighted by Crippen LogP contribution is -2.23. The van der Waals surface area contributed by atoms with Crippen LogP contribution in [-0.2, 0) is 19.6 Å². The van der Waals surface area contributed by atoms with Gasteiger partial charge in [-0.1, -0.05) is 11.2 Å². The molecule has 9 nitrogen and oxygen atoms in total. The molecule has 1 N–H and O–H groups in total. The number of aryl methyl sites for hydroxylation is 1. The molecule has 25 heavy (non-hydrogen) atoms. The summed E-state index contributed by atoms with van der Waals surface area (Å²) in [5.74, 6) is -1.55. The number of hydrogen-bond acceptors (Lipinski definition) is 7. The van der Waals surface area contributed by atoms with Gasteiger partial charge in [0, 0.05) is 25.8 Å². The molecule has 0 aliphatic rings. The van der Waals surface area contributed by atoms with Crippen molar-refractivity contribution in [3.8, 4) is 0 Å². The van der Waals surface area contributed by atoms with Gasteiger partial charge in [0.1, 0.15) is 0 Å². The van der Waals surface area contributed by atoms with Crippen LogP contribution in [0.4, 0.5) is 5.69 Å². The van der Waals surface area contributed by atoms with Crippen LogP contribution in [0.15, 0.2) is 39.8 Å². The molecule has 0 radical (unpaired) electrons. The number of nitrogens with one attached hydrogen (secondary N) is 1. The number of hydrogen-bond donors (Lipinski definition) is 1. The Labute approximate surface area is 144 Å². The number of amides is 1. The van der Waals surface area contributed by atoms with Crippen molar-refractivity contribution in [2.75, 3.05) is 26.0 Å². The molecule has 0 aliphatic carbocycles. The van der Waals surface area contributed by atoms with Crippen LogP contribution in [0.1, 0.15) is 16.2 Å². The van der Waals surface area contributed by atoms with Crippen molar-refractivity contribution < 1.29 is 27.3 Å². The van der Waals surface area contributed by atoms with Gasteiger partial charge in [-0.25, -0.2) is 17.5 Å². The Morgan fingerprint density at radius 1 is 1.28 bits per heavy atom. The highest BCUT2D eigenvalue weighted by Gasteiger charge is 2.18. The quantitative estimate of drug-likeness (QED) is 0.757. The Morgan fingerprint density at radius 3 is 2.60 bits per heavy atom. The Hall–Kier alpha value is -2.72. The van der Waals surface area contributed by atoms with Gasteiger partial charge >= 0.3 is 5.97 Å². The molecule has 1 aromatic carbocycles. The minimum atomic E-state index is -3.62. The second-order valence-corrected chi connectivity index (χ2v) is 7.42. The van der Waals surface area contributed by atoms with Crippen LogP contribution < -0.4 is 5.32 Å². The summed E-state index contributed by atoms with van der Waals surface area (Å²) in [4.78, 5) is 23.5. The normalized spacial score (nSPS) is 11.4. The molecule has 0 atom stereocenters. The van der Waals surface area contributed by atoms with Crippen molar-refractivity contribution in [3.63, 3.8) is 0 Å². The van der Waals surface area contributed by atoms with Crippen molar-refractivity contribution in [1.82, 2.24) is 9.46 Å². The van der Waals surface area contributed by atoms with E-state index >= 15 is 0 Å². The van der Waals surface area contributed by atoms with Crippen LogP contribution in [0.2, 0.25) is 0 Å². The van der Waals surface area contributed by atoms with Crippen LogP contribution in [0, 0.1) is 6.92 Å². The molecule has 0 bridgehead atoms. The van der Waals surface area contributed by atoms with E-state index in [1.165, 1.54) is 44.4 Å². The summed E-state index contributed by atoms with van der Waals surface area (Å²) in [6.07, 6.45) is 0. The average molecular weight is 367 g/mol. The molecular weight excluding hydrogens is 350 g/mol. The van der Waals surface area contributed by atoms with Gasteiger partial charge in [0.25, 0.3) is 5.91 Å². The van der Waals surface area contributed by atoms with E-state index in [0.29, 0.717) is 5.69 Å². The monoisotopic (exact) mass is 367 g/mol. The van der Waals surface area contributed by atoms with Crippen molar-refractivity contribution in [2.45, 2.75) is 11.8 Å². The zero-order valence-electron chi connectivity index (χ0n) is 13.8. The molecule has 0 saturated heterocycles. The molecule has 0 aliphatic heterocycles. The zero-order chi connectivity index (χ0) is 18.6. The first-order chi connectivity index (χ1) is 11.7. The molecule has 1 aromatic heterocycles. The molecular formula is C15H17N3O6S.